The molecule has 0 saturated heterocycles. The van der Waals surface area contributed by atoms with Crippen molar-refractivity contribution in [3.63, 3.8) is 0 Å². The van der Waals surface area contributed by atoms with Crippen molar-refractivity contribution in [2.24, 2.45) is 5.92 Å². The third-order valence-corrected chi connectivity index (χ3v) is 4.63. The molecule has 1 aromatic carbocycles. The molecule has 0 spiro atoms. The van der Waals surface area contributed by atoms with Crippen molar-refractivity contribution in [1.29, 1.82) is 0 Å². The van der Waals surface area contributed by atoms with Gasteiger partial charge in [-0.05, 0) is 24.1 Å². The second-order valence-corrected chi connectivity index (χ2v) is 7.33. The highest BCUT2D eigenvalue weighted by Gasteiger charge is 2.37. The lowest BCUT2D eigenvalue weighted by Gasteiger charge is -2.25. The van der Waals surface area contributed by atoms with Gasteiger partial charge in [-0.25, -0.2) is 8.42 Å². The Morgan fingerprint density at radius 1 is 1.33 bits per heavy atom. The maximum absolute atomic E-state index is 12.6. The van der Waals surface area contributed by atoms with Gasteiger partial charge in [0.05, 0.1) is 5.69 Å². The number of sulfonamides is 1. The van der Waals surface area contributed by atoms with E-state index in [2.05, 4.69) is 0 Å². The van der Waals surface area contributed by atoms with Crippen LogP contribution >= 0.6 is 11.6 Å². The maximum atomic E-state index is 12.6. The Balaban J connectivity index is 3.26. The molecule has 9 heteroatoms. The van der Waals surface area contributed by atoms with E-state index in [-0.39, 0.29) is 28.1 Å². The molecule has 1 rings (SSSR count). The van der Waals surface area contributed by atoms with Gasteiger partial charge in [0.1, 0.15) is 11.4 Å². The van der Waals surface area contributed by atoms with Crippen LogP contribution in [0.3, 0.4) is 0 Å². The van der Waals surface area contributed by atoms with Crippen LogP contribution in [-0.2, 0) is 10.0 Å². The van der Waals surface area contributed by atoms with Gasteiger partial charge in [0.25, 0.3) is 0 Å². The average molecular weight is 345 g/mol. The molecule has 1 aromatic rings. The molecule has 0 atom stereocenters. The fraction of sp³-hybridized carbons (Fsp3) is 0.500. The zero-order valence-corrected chi connectivity index (χ0v) is 13.1. The summed E-state index contributed by atoms with van der Waals surface area (Å²) in [5.41, 5.74) is 5.39. The Morgan fingerprint density at radius 2 is 1.90 bits per heavy atom. The van der Waals surface area contributed by atoms with E-state index in [1.165, 1.54) is 12.1 Å². The highest BCUT2D eigenvalue weighted by Crippen LogP contribution is 2.28. The zero-order valence-electron chi connectivity index (χ0n) is 11.5. The van der Waals surface area contributed by atoms with Gasteiger partial charge < -0.3 is 5.73 Å². The molecule has 0 aliphatic carbocycles. The van der Waals surface area contributed by atoms with Crippen molar-refractivity contribution >= 4 is 27.3 Å². The lowest BCUT2D eigenvalue weighted by molar-refractivity contribution is -0.136. The number of hydrogen-bond donors (Lipinski definition) is 1. The van der Waals surface area contributed by atoms with Gasteiger partial charge in [0.2, 0.25) is 10.0 Å². The van der Waals surface area contributed by atoms with Crippen LogP contribution in [0.5, 0.6) is 0 Å². The van der Waals surface area contributed by atoms with E-state index >= 15 is 0 Å². The predicted molar refractivity (Wildman–Crippen MR) is 75.5 cm³/mol. The van der Waals surface area contributed by atoms with Crippen LogP contribution in [0, 0.1) is 5.92 Å². The van der Waals surface area contributed by atoms with Gasteiger partial charge in [0, 0.05) is 11.6 Å². The summed E-state index contributed by atoms with van der Waals surface area (Å²) in [6, 6.07) is 3.57. The number of alkyl halides is 3. The minimum absolute atomic E-state index is 0.182. The first kappa shape index (κ1) is 18.1. The quantitative estimate of drug-likeness (QED) is 0.835. The molecule has 120 valence electrons. The number of halogens is 4. The Bertz CT molecular complexity index is 603. The van der Waals surface area contributed by atoms with E-state index < -0.39 is 22.7 Å². The number of rotatable bonds is 5. The number of anilines is 1. The van der Waals surface area contributed by atoms with E-state index in [1.54, 1.807) is 13.8 Å². The predicted octanol–water partition coefficient (Wildman–Crippen LogP) is 3.13. The number of benzene rings is 1. The molecule has 2 N–H and O–H groups in total. The largest absolute Gasteiger partial charge is 0.402 e. The first-order chi connectivity index (χ1) is 9.43. The van der Waals surface area contributed by atoms with Gasteiger partial charge in [-0.1, -0.05) is 25.4 Å². The van der Waals surface area contributed by atoms with Crippen LogP contribution in [-0.4, -0.2) is 32.0 Å². The number of nitrogens with zero attached hydrogens (tertiary/aromatic N) is 1. The first-order valence-electron chi connectivity index (χ1n) is 6.05. The topological polar surface area (TPSA) is 63.4 Å². The van der Waals surface area contributed by atoms with Gasteiger partial charge in [-0.2, -0.15) is 17.5 Å². The van der Waals surface area contributed by atoms with Crippen molar-refractivity contribution in [3.8, 4) is 0 Å². The molecular formula is C12H16ClF3N2O2S. The summed E-state index contributed by atoms with van der Waals surface area (Å²) in [5.74, 6) is -0.268. The van der Waals surface area contributed by atoms with E-state index in [9.17, 15) is 21.6 Å². The number of nitrogen functional groups attached to an aromatic ring is 1. The van der Waals surface area contributed by atoms with E-state index in [0.717, 1.165) is 6.07 Å². The summed E-state index contributed by atoms with van der Waals surface area (Å²) in [6.07, 6.45) is -4.64. The number of nitrogens with two attached hydrogens (primary N) is 1. The van der Waals surface area contributed by atoms with Crippen molar-refractivity contribution in [1.82, 2.24) is 4.31 Å². The molecule has 0 aliphatic rings. The lowest BCUT2D eigenvalue weighted by Crippen LogP contribution is -2.41. The van der Waals surface area contributed by atoms with Crippen molar-refractivity contribution in [2.45, 2.75) is 24.9 Å². The third-order valence-electron chi connectivity index (χ3n) is 2.51. The molecule has 4 nitrogen and oxygen atoms in total. The van der Waals surface area contributed by atoms with Gasteiger partial charge in [0.15, 0.2) is 0 Å². The van der Waals surface area contributed by atoms with Crippen molar-refractivity contribution in [3.05, 3.63) is 23.2 Å². The summed E-state index contributed by atoms with van der Waals surface area (Å²) in [6.45, 7) is 1.44. The molecule has 0 amide bonds. The van der Waals surface area contributed by atoms with Crippen LogP contribution in [0.2, 0.25) is 5.02 Å². The fourth-order valence-electron chi connectivity index (χ4n) is 1.75. The molecule has 0 saturated carbocycles. The number of hydrogen-bond acceptors (Lipinski definition) is 3. The summed E-state index contributed by atoms with van der Waals surface area (Å²) < 4.78 is 63.0. The zero-order chi connectivity index (χ0) is 16.4. The minimum atomic E-state index is -4.64. The molecule has 0 unspecified atom stereocenters. The molecule has 21 heavy (non-hydrogen) atoms. The van der Waals surface area contributed by atoms with Crippen LogP contribution in [0.4, 0.5) is 18.9 Å². The van der Waals surface area contributed by atoms with E-state index in [1.807, 2.05) is 0 Å². The Kier molecular flexibility index (Phi) is 5.51. The molecule has 0 aliphatic heterocycles. The summed E-state index contributed by atoms with van der Waals surface area (Å²) in [5, 5.41) is 0.206. The normalized spacial score (nSPS) is 13.1. The molecule has 0 heterocycles. The lowest BCUT2D eigenvalue weighted by atomic mass is 10.2. The van der Waals surface area contributed by atoms with Crippen molar-refractivity contribution in [2.75, 3.05) is 18.8 Å². The second-order valence-electron chi connectivity index (χ2n) is 4.99. The Morgan fingerprint density at radius 3 is 2.33 bits per heavy atom. The summed E-state index contributed by atoms with van der Waals surface area (Å²) in [7, 11) is -4.35. The van der Waals surface area contributed by atoms with Crippen LogP contribution < -0.4 is 5.73 Å². The van der Waals surface area contributed by atoms with Gasteiger partial charge >= 0.3 is 6.18 Å². The summed E-state index contributed by atoms with van der Waals surface area (Å²) in [4.78, 5) is -0.378. The fourth-order valence-corrected chi connectivity index (χ4v) is 3.61. The Labute approximate surface area is 126 Å². The van der Waals surface area contributed by atoms with Crippen LogP contribution in [0.25, 0.3) is 0 Å². The highest BCUT2D eigenvalue weighted by molar-refractivity contribution is 7.89. The highest BCUT2D eigenvalue weighted by atomic mass is 35.5. The SMILES string of the molecule is CC(C)CN(CC(F)(F)F)S(=O)(=O)c1ccc(Cl)cc1N. The van der Waals surface area contributed by atoms with Crippen LogP contribution in [0.15, 0.2) is 23.1 Å². The molecular weight excluding hydrogens is 329 g/mol. The van der Waals surface area contributed by atoms with Crippen molar-refractivity contribution < 1.29 is 21.6 Å². The van der Waals surface area contributed by atoms with Gasteiger partial charge in [-0.15, -0.1) is 0 Å². The average Bonchev–Trinajstić information content (AvgIpc) is 2.24. The van der Waals surface area contributed by atoms with Crippen LogP contribution in [0.1, 0.15) is 13.8 Å². The monoisotopic (exact) mass is 344 g/mol. The molecule has 0 fully saturated rings. The minimum Gasteiger partial charge on any atom is -0.398 e. The van der Waals surface area contributed by atoms with E-state index in [0.29, 0.717) is 4.31 Å². The van der Waals surface area contributed by atoms with E-state index in [4.69, 9.17) is 17.3 Å². The Hall–Kier alpha value is -0.990. The second kappa shape index (κ2) is 6.41. The molecule has 0 aromatic heterocycles. The molecule has 0 bridgehead atoms. The first-order valence-corrected chi connectivity index (χ1v) is 7.87. The maximum Gasteiger partial charge on any atom is 0.402 e. The third kappa shape index (κ3) is 5.05. The standard InChI is InChI=1S/C12H16ClF3N2O2S/c1-8(2)6-18(7-12(14,15)16)21(19,20)11-4-3-9(13)5-10(11)17/h3-5,8H,6-7,17H2,1-2H3. The molecule has 0 radical (unpaired) electrons. The summed E-state index contributed by atoms with van der Waals surface area (Å²) >= 11 is 5.67. The smallest absolute Gasteiger partial charge is 0.398 e. The van der Waals surface area contributed by atoms with Gasteiger partial charge in [-0.3, -0.25) is 0 Å².